The average Bonchev–Trinajstić information content (AvgIpc) is 3.08. The molecule has 35 heavy (non-hydrogen) atoms. The van der Waals surface area contributed by atoms with Crippen LogP contribution in [0.4, 0.5) is 4.79 Å². The predicted molar refractivity (Wildman–Crippen MR) is 138 cm³/mol. The van der Waals surface area contributed by atoms with Gasteiger partial charge in [-0.05, 0) is 77.5 Å². The Kier molecular flexibility index (Phi) is 7.56. The Bertz CT molecular complexity index is 1420. The number of rotatable bonds is 7. The lowest BCUT2D eigenvalue weighted by molar-refractivity contribution is -0.123. The van der Waals surface area contributed by atoms with Gasteiger partial charge in [-0.1, -0.05) is 45.7 Å². The molecule has 3 aromatic rings. The van der Waals surface area contributed by atoms with Crippen LogP contribution in [0.3, 0.4) is 0 Å². The smallest absolute Gasteiger partial charge is 0.339 e. The van der Waals surface area contributed by atoms with Gasteiger partial charge in [0.2, 0.25) is 0 Å². The van der Waals surface area contributed by atoms with Crippen molar-refractivity contribution in [1.82, 2.24) is 4.90 Å². The first kappa shape index (κ1) is 25.3. The van der Waals surface area contributed by atoms with E-state index in [0.717, 1.165) is 21.8 Å². The second-order valence-electron chi connectivity index (χ2n) is 7.30. The van der Waals surface area contributed by atoms with Crippen molar-refractivity contribution in [3.05, 3.63) is 92.3 Å². The van der Waals surface area contributed by atoms with Crippen LogP contribution in [0.15, 0.2) is 81.0 Å². The number of benzene rings is 3. The maximum Gasteiger partial charge on any atom is 0.339 e. The standard InChI is InChI=1S/C24H17BrClNO6S2/c1-32-21-12-16(4-11-20(21)33-35(30,31)19-9-7-18(26)8-10-19)13-22-23(28)27(24(29)34-22)14-15-2-5-17(25)6-3-15/h2-13H,14H2,1H3/b22-13-. The van der Waals surface area contributed by atoms with Crippen LogP contribution in [0, 0.1) is 0 Å². The molecule has 11 heteroatoms. The monoisotopic (exact) mass is 593 g/mol. The molecule has 1 fully saturated rings. The molecule has 180 valence electrons. The summed E-state index contributed by atoms with van der Waals surface area (Å²) in [4.78, 5) is 26.6. The minimum absolute atomic E-state index is 0.0251. The Labute approximate surface area is 219 Å². The molecule has 0 aromatic heterocycles. The number of carbonyl (C=O) groups is 2. The van der Waals surface area contributed by atoms with Gasteiger partial charge in [0.1, 0.15) is 4.90 Å². The topological polar surface area (TPSA) is 90.0 Å². The first-order valence-corrected chi connectivity index (χ1v) is 13.4. The summed E-state index contributed by atoms with van der Waals surface area (Å²) >= 11 is 10.0. The van der Waals surface area contributed by atoms with Gasteiger partial charge in [-0.15, -0.1) is 0 Å². The average molecular weight is 595 g/mol. The number of nitrogens with zero attached hydrogens (tertiary/aromatic N) is 1. The van der Waals surface area contributed by atoms with E-state index < -0.39 is 16.0 Å². The van der Waals surface area contributed by atoms with E-state index in [2.05, 4.69) is 15.9 Å². The third-order valence-electron chi connectivity index (χ3n) is 4.91. The van der Waals surface area contributed by atoms with E-state index in [1.165, 1.54) is 48.4 Å². The SMILES string of the molecule is COc1cc(/C=C2\SC(=O)N(Cc3ccc(Br)cc3)C2=O)ccc1OS(=O)(=O)c1ccc(Cl)cc1. The molecule has 0 saturated carbocycles. The maximum atomic E-state index is 12.8. The van der Waals surface area contributed by atoms with Crippen molar-refractivity contribution in [2.45, 2.75) is 11.4 Å². The molecule has 1 saturated heterocycles. The van der Waals surface area contributed by atoms with Gasteiger partial charge in [-0.3, -0.25) is 14.5 Å². The minimum Gasteiger partial charge on any atom is -0.493 e. The van der Waals surface area contributed by atoms with Crippen molar-refractivity contribution >= 4 is 66.6 Å². The van der Waals surface area contributed by atoms with Crippen LogP contribution in [0.25, 0.3) is 6.08 Å². The second-order valence-corrected chi connectivity index (χ2v) is 11.2. The highest BCUT2D eigenvalue weighted by molar-refractivity contribution is 9.10. The highest BCUT2D eigenvalue weighted by Gasteiger charge is 2.35. The first-order chi connectivity index (χ1) is 16.7. The van der Waals surface area contributed by atoms with Crippen LogP contribution < -0.4 is 8.92 Å². The fourth-order valence-corrected chi connectivity index (χ4v) is 5.34. The second kappa shape index (κ2) is 10.4. The molecule has 0 atom stereocenters. The molecule has 0 bridgehead atoms. The number of carbonyl (C=O) groups excluding carboxylic acids is 2. The Morgan fingerprint density at radius 1 is 1.00 bits per heavy atom. The lowest BCUT2D eigenvalue weighted by Gasteiger charge is -2.12. The molecular weight excluding hydrogens is 578 g/mol. The van der Waals surface area contributed by atoms with Crippen molar-refractivity contribution in [3.63, 3.8) is 0 Å². The highest BCUT2D eigenvalue weighted by atomic mass is 79.9. The fourth-order valence-electron chi connectivity index (χ4n) is 3.17. The van der Waals surface area contributed by atoms with Gasteiger partial charge in [0.25, 0.3) is 11.1 Å². The van der Waals surface area contributed by atoms with Crippen LogP contribution in [-0.4, -0.2) is 31.6 Å². The molecule has 0 radical (unpaired) electrons. The molecule has 1 aliphatic heterocycles. The van der Waals surface area contributed by atoms with E-state index in [-0.39, 0.29) is 33.1 Å². The number of halogens is 2. The van der Waals surface area contributed by atoms with E-state index in [9.17, 15) is 18.0 Å². The third-order valence-corrected chi connectivity index (χ3v) is 7.85. The zero-order chi connectivity index (χ0) is 25.2. The normalized spacial score (nSPS) is 15.1. The van der Waals surface area contributed by atoms with Gasteiger partial charge >= 0.3 is 10.1 Å². The summed E-state index contributed by atoms with van der Waals surface area (Å²) in [6.45, 7) is 0.161. The Morgan fingerprint density at radius 3 is 2.34 bits per heavy atom. The molecule has 0 aliphatic carbocycles. The van der Waals surface area contributed by atoms with E-state index in [0.29, 0.717) is 10.6 Å². The molecule has 7 nitrogen and oxygen atoms in total. The van der Waals surface area contributed by atoms with Gasteiger partial charge in [-0.2, -0.15) is 8.42 Å². The highest BCUT2D eigenvalue weighted by Crippen LogP contribution is 2.36. The summed E-state index contributed by atoms with van der Waals surface area (Å²) < 4.78 is 36.7. The van der Waals surface area contributed by atoms with Gasteiger partial charge in [0.05, 0.1) is 18.6 Å². The molecule has 2 amide bonds. The van der Waals surface area contributed by atoms with Gasteiger partial charge < -0.3 is 8.92 Å². The number of methoxy groups -OCH3 is 1. The molecule has 0 N–H and O–H groups in total. The summed E-state index contributed by atoms with van der Waals surface area (Å²) in [6.07, 6.45) is 1.55. The van der Waals surface area contributed by atoms with Crippen LogP contribution in [0.2, 0.25) is 5.02 Å². The van der Waals surface area contributed by atoms with Crippen LogP contribution in [0.5, 0.6) is 11.5 Å². The molecule has 0 unspecified atom stereocenters. The van der Waals surface area contributed by atoms with Gasteiger partial charge in [0.15, 0.2) is 11.5 Å². The summed E-state index contributed by atoms with van der Waals surface area (Å²) in [5.74, 6) is -0.291. The quantitative estimate of drug-likeness (QED) is 0.241. The van der Waals surface area contributed by atoms with Crippen LogP contribution >= 0.6 is 39.3 Å². The van der Waals surface area contributed by atoms with Crippen molar-refractivity contribution in [3.8, 4) is 11.5 Å². The summed E-state index contributed by atoms with van der Waals surface area (Å²) in [6, 6.07) is 17.4. The molecule has 3 aromatic carbocycles. The fraction of sp³-hybridized carbons (Fsp3) is 0.0833. The van der Waals surface area contributed by atoms with Crippen molar-refractivity contribution in [2.75, 3.05) is 7.11 Å². The molecule has 4 rings (SSSR count). The van der Waals surface area contributed by atoms with Crippen molar-refractivity contribution in [1.29, 1.82) is 0 Å². The summed E-state index contributed by atoms with van der Waals surface area (Å²) in [5, 5.41) is 0.0253. The van der Waals surface area contributed by atoms with Crippen molar-refractivity contribution < 1.29 is 26.9 Å². The number of amides is 2. The van der Waals surface area contributed by atoms with Gasteiger partial charge in [0, 0.05) is 9.50 Å². The van der Waals surface area contributed by atoms with Gasteiger partial charge in [-0.25, -0.2) is 0 Å². The molecule has 0 spiro atoms. The van der Waals surface area contributed by atoms with Crippen LogP contribution in [-0.2, 0) is 21.5 Å². The molecule has 1 aliphatic rings. The number of imide groups is 1. The molecular formula is C24H17BrClNO6S2. The zero-order valence-corrected chi connectivity index (χ0v) is 22.1. The van der Waals surface area contributed by atoms with E-state index >= 15 is 0 Å². The molecule has 1 heterocycles. The lowest BCUT2D eigenvalue weighted by Crippen LogP contribution is -2.27. The first-order valence-electron chi connectivity index (χ1n) is 10.0. The number of hydrogen-bond acceptors (Lipinski definition) is 7. The Balaban J connectivity index is 1.54. The largest absolute Gasteiger partial charge is 0.493 e. The minimum atomic E-state index is -4.12. The summed E-state index contributed by atoms with van der Waals surface area (Å²) in [5.41, 5.74) is 1.36. The van der Waals surface area contributed by atoms with Crippen LogP contribution in [0.1, 0.15) is 11.1 Å². The predicted octanol–water partition coefficient (Wildman–Crippen LogP) is 6.12. The number of ether oxygens (including phenoxy) is 1. The number of hydrogen-bond donors (Lipinski definition) is 0. The third kappa shape index (κ3) is 5.90. The van der Waals surface area contributed by atoms with Crippen molar-refractivity contribution in [2.24, 2.45) is 0 Å². The van der Waals surface area contributed by atoms with E-state index in [4.69, 9.17) is 20.5 Å². The van der Waals surface area contributed by atoms with E-state index in [1.54, 1.807) is 12.1 Å². The number of thioether (sulfide) groups is 1. The van der Waals surface area contributed by atoms with E-state index in [1.807, 2.05) is 24.3 Å². The maximum absolute atomic E-state index is 12.8. The lowest BCUT2D eigenvalue weighted by atomic mass is 10.1. The Morgan fingerprint density at radius 2 is 1.69 bits per heavy atom. The summed E-state index contributed by atoms with van der Waals surface area (Å²) in [7, 11) is -2.75. The Hall–Kier alpha value is -2.79. The zero-order valence-electron chi connectivity index (χ0n) is 18.1.